The number of likely N-dealkylation sites (tertiary alicyclic amines) is 1. The number of rotatable bonds is 5. The van der Waals surface area contributed by atoms with Crippen LogP contribution < -0.4 is 4.90 Å². The number of para-hydroxylation sites is 2. The number of amides is 1. The first kappa shape index (κ1) is 18.9. The molecule has 29 heavy (non-hydrogen) atoms. The van der Waals surface area contributed by atoms with Crippen LogP contribution in [-0.4, -0.2) is 44.7 Å². The highest BCUT2D eigenvalue weighted by Gasteiger charge is 2.34. The maximum atomic E-state index is 12.0. The number of fused-ring (bicyclic) bond motifs is 1. The molecule has 0 atom stereocenters. The molecule has 1 aromatic carbocycles. The van der Waals surface area contributed by atoms with Crippen LogP contribution in [0.1, 0.15) is 44.4 Å². The molecule has 2 aliphatic rings. The topological polar surface area (TPSA) is 67.4 Å². The van der Waals surface area contributed by atoms with Gasteiger partial charge in [0.2, 0.25) is 11.0 Å². The highest BCUT2D eigenvalue weighted by atomic mass is 32.1. The maximum absolute atomic E-state index is 12.0. The quantitative estimate of drug-likeness (QED) is 0.567. The zero-order valence-electron chi connectivity index (χ0n) is 16.3. The maximum Gasteiger partial charge on any atom is 0.225 e. The zero-order chi connectivity index (χ0) is 20.0. The lowest BCUT2D eigenvalue weighted by Gasteiger charge is -2.30. The summed E-state index contributed by atoms with van der Waals surface area (Å²) in [6.45, 7) is 4.14. The number of carbonyl (C=O) groups is 1. The SMILES string of the molecule is CC(=O)N(c1nn(CN2CCC(c3nc4ccccc4o3)CC2)c(=S)s1)C1CC1. The lowest BCUT2D eigenvalue weighted by atomic mass is 9.97. The number of benzene rings is 1. The van der Waals surface area contributed by atoms with Crippen LogP contribution in [0.25, 0.3) is 11.1 Å². The van der Waals surface area contributed by atoms with Gasteiger partial charge in [0, 0.05) is 32.0 Å². The monoisotopic (exact) mass is 429 g/mol. The number of oxazole rings is 1. The Hall–Kier alpha value is -2.10. The second-order valence-electron chi connectivity index (χ2n) is 7.82. The molecule has 9 heteroatoms. The molecule has 2 fully saturated rings. The number of nitrogens with zero attached hydrogens (tertiary/aromatic N) is 5. The van der Waals surface area contributed by atoms with Crippen LogP contribution in [0.4, 0.5) is 5.13 Å². The number of anilines is 1. The van der Waals surface area contributed by atoms with E-state index >= 15 is 0 Å². The standard InChI is InChI=1S/C20H23N5O2S2/c1-13(26)25(15-6-7-15)19-22-24(20(28)29-19)12-23-10-8-14(9-11-23)18-21-16-4-2-3-5-17(16)27-18/h2-5,14-15H,6-12H2,1H3. The van der Waals surface area contributed by atoms with Gasteiger partial charge in [0.05, 0.1) is 6.67 Å². The van der Waals surface area contributed by atoms with Gasteiger partial charge in [-0.1, -0.05) is 23.5 Å². The normalized spacial score (nSPS) is 18.4. The lowest BCUT2D eigenvalue weighted by molar-refractivity contribution is -0.116. The van der Waals surface area contributed by atoms with Crippen molar-refractivity contribution in [3.05, 3.63) is 34.1 Å². The van der Waals surface area contributed by atoms with Gasteiger partial charge in [0.1, 0.15) is 5.52 Å². The molecule has 2 aromatic heterocycles. The van der Waals surface area contributed by atoms with Crippen molar-refractivity contribution in [2.24, 2.45) is 0 Å². The molecule has 1 saturated carbocycles. The van der Waals surface area contributed by atoms with E-state index in [1.54, 1.807) is 11.8 Å². The average molecular weight is 430 g/mol. The van der Waals surface area contributed by atoms with Gasteiger partial charge in [-0.3, -0.25) is 14.6 Å². The summed E-state index contributed by atoms with van der Waals surface area (Å²) in [5.74, 6) is 1.24. The molecule has 1 aliphatic carbocycles. The summed E-state index contributed by atoms with van der Waals surface area (Å²) in [6, 6.07) is 8.22. The third-order valence-electron chi connectivity index (χ3n) is 5.63. The van der Waals surface area contributed by atoms with Crippen LogP contribution in [0, 0.1) is 3.95 Å². The van der Waals surface area contributed by atoms with Crippen LogP contribution in [0.2, 0.25) is 0 Å². The molecule has 3 aromatic rings. The third-order valence-corrected chi connectivity index (χ3v) is 6.94. The first-order valence-electron chi connectivity index (χ1n) is 10.0. The molecule has 3 heterocycles. The Morgan fingerprint density at radius 1 is 1.28 bits per heavy atom. The van der Waals surface area contributed by atoms with Crippen molar-refractivity contribution in [3.8, 4) is 0 Å². The highest BCUT2D eigenvalue weighted by Crippen LogP contribution is 2.34. The van der Waals surface area contributed by atoms with Crippen molar-refractivity contribution in [1.29, 1.82) is 0 Å². The molecule has 5 rings (SSSR count). The van der Waals surface area contributed by atoms with E-state index in [1.807, 2.05) is 28.9 Å². The van der Waals surface area contributed by atoms with E-state index in [-0.39, 0.29) is 5.91 Å². The first-order valence-corrected chi connectivity index (χ1v) is 11.3. The van der Waals surface area contributed by atoms with E-state index in [9.17, 15) is 4.79 Å². The lowest BCUT2D eigenvalue weighted by Crippen LogP contribution is -2.35. The molecule has 1 amide bonds. The number of carbonyl (C=O) groups excluding carboxylic acids is 1. The minimum atomic E-state index is 0.0440. The van der Waals surface area contributed by atoms with Gasteiger partial charge in [-0.15, -0.1) is 5.10 Å². The van der Waals surface area contributed by atoms with Crippen LogP contribution in [0.5, 0.6) is 0 Å². The predicted molar refractivity (Wildman–Crippen MR) is 115 cm³/mol. The molecule has 0 N–H and O–H groups in total. The fourth-order valence-electron chi connectivity index (χ4n) is 3.94. The van der Waals surface area contributed by atoms with Gasteiger partial charge in [-0.25, -0.2) is 9.67 Å². The van der Waals surface area contributed by atoms with Crippen LogP contribution in [0.3, 0.4) is 0 Å². The van der Waals surface area contributed by atoms with Crippen LogP contribution >= 0.6 is 23.6 Å². The Bertz CT molecular complexity index is 1060. The molecule has 1 saturated heterocycles. The largest absolute Gasteiger partial charge is 0.440 e. The average Bonchev–Trinajstić information content (AvgIpc) is 3.33. The number of piperidine rings is 1. The van der Waals surface area contributed by atoms with Crippen molar-refractivity contribution in [1.82, 2.24) is 19.7 Å². The summed E-state index contributed by atoms with van der Waals surface area (Å²) in [5.41, 5.74) is 1.79. The Morgan fingerprint density at radius 3 is 2.72 bits per heavy atom. The molecule has 0 spiro atoms. The van der Waals surface area contributed by atoms with Gasteiger partial charge in [0.25, 0.3) is 0 Å². The van der Waals surface area contributed by atoms with E-state index in [4.69, 9.17) is 16.6 Å². The van der Waals surface area contributed by atoms with Crippen molar-refractivity contribution < 1.29 is 9.21 Å². The molecule has 1 aliphatic heterocycles. The summed E-state index contributed by atoms with van der Waals surface area (Å²) >= 11 is 6.95. The van der Waals surface area contributed by atoms with Crippen molar-refractivity contribution >= 4 is 45.7 Å². The summed E-state index contributed by atoms with van der Waals surface area (Å²) < 4.78 is 8.53. The molecule has 0 radical (unpaired) electrons. The minimum Gasteiger partial charge on any atom is -0.440 e. The minimum absolute atomic E-state index is 0.0440. The smallest absolute Gasteiger partial charge is 0.225 e. The Kier molecular flexibility index (Phi) is 4.97. The first-order chi connectivity index (χ1) is 14.1. The molecular formula is C20H23N5O2S2. The summed E-state index contributed by atoms with van der Waals surface area (Å²) in [5, 5.41) is 5.38. The summed E-state index contributed by atoms with van der Waals surface area (Å²) in [6.07, 6.45) is 4.10. The molecule has 0 bridgehead atoms. The van der Waals surface area contributed by atoms with Crippen molar-refractivity contribution in [2.45, 2.75) is 51.2 Å². The fourth-order valence-corrected chi connectivity index (χ4v) is 5.14. The number of aromatic nitrogens is 3. The van der Waals surface area contributed by atoms with E-state index in [0.717, 1.165) is 60.9 Å². The van der Waals surface area contributed by atoms with Crippen LogP contribution in [-0.2, 0) is 11.5 Å². The third kappa shape index (κ3) is 3.86. The van der Waals surface area contributed by atoms with Gasteiger partial charge in [-0.2, -0.15) is 0 Å². The van der Waals surface area contributed by atoms with Crippen LogP contribution in [0.15, 0.2) is 28.7 Å². The Balaban J connectivity index is 1.24. The summed E-state index contributed by atoms with van der Waals surface area (Å²) in [4.78, 5) is 20.8. The van der Waals surface area contributed by atoms with E-state index in [2.05, 4.69) is 15.0 Å². The molecule has 0 unspecified atom stereocenters. The number of hydrogen-bond donors (Lipinski definition) is 0. The fraction of sp³-hybridized carbons (Fsp3) is 0.500. The molecule has 152 valence electrons. The van der Waals surface area contributed by atoms with Crippen molar-refractivity contribution in [2.75, 3.05) is 18.0 Å². The molecular weight excluding hydrogens is 406 g/mol. The highest BCUT2D eigenvalue weighted by molar-refractivity contribution is 7.73. The Morgan fingerprint density at radius 2 is 2.03 bits per heavy atom. The molecule has 7 nitrogen and oxygen atoms in total. The predicted octanol–water partition coefficient (Wildman–Crippen LogP) is 4.17. The van der Waals surface area contributed by atoms with Gasteiger partial charge >= 0.3 is 0 Å². The summed E-state index contributed by atoms with van der Waals surface area (Å²) in [7, 11) is 0. The van der Waals surface area contributed by atoms with Crippen molar-refractivity contribution in [3.63, 3.8) is 0 Å². The second kappa shape index (κ2) is 7.62. The van der Waals surface area contributed by atoms with E-state index < -0.39 is 0 Å². The Labute approximate surface area is 177 Å². The number of hydrogen-bond acceptors (Lipinski definition) is 7. The zero-order valence-corrected chi connectivity index (χ0v) is 17.9. The van der Waals surface area contributed by atoms with Gasteiger partial charge < -0.3 is 4.42 Å². The van der Waals surface area contributed by atoms with E-state index in [1.165, 1.54) is 11.3 Å². The second-order valence-corrected chi connectivity index (χ2v) is 9.42. The van der Waals surface area contributed by atoms with E-state index in [0.29, 0.717) is 22.6 Å². The van der Waals surface area contributed by atoms with Gasteiger partial charge in [-0.05, 0) is 50.0 Å². The van der Waals surface area contributed by atoms with Gasteiger partial charge in [0.15, 0.2) is 15.4 Å².